The summed E-state index contributed by atoms with van der Waals surface area (Å²) in [6.45, 7) is 5.93. The summed E-state index contributed by atoms with van der Waals surface area (Å²) in [5, 5.41) is 0. The van der Waals surface area contributed by atoms with Gasteiger partial charge in [0.05, 0.1) is 0 Å². The van der Waals surface area contributed by atoms with Gasteiger partial charge in [0.15, 0.2) is 0 Å². The van der Waals surface area contributed by atoms with Crippen LogP contribution in [0.3, 0.4) is 0 Å². The minimum absolute atomic E-state index is 0. The number of unbranched alkanes of at least 4 members (excludes halogenated alkanes) is 3. The standard InChI is InChI=1S/C6H13.Zn/c1-3-5-6-4-2;/h1,3-6H2,2H3;. The average Bonchev–Trinajstić information content (AvgIpc) is 1.61. The van der Waals surface area contributed by atoms with Crippen molar-refractivity contribution >= 4 is 0 Å². The fraction of sp³-hybridized carbons (Fsp3) is 0.833. The van der Waals surface area contributed by atoms with Crippen LogP contribution in [-0.4, -0.2) is 0 Å². The molecule has 0 heterocycles. The Labute approximate surface area is 59.4 Å². The molecule has 0 rings (SSSR count). The molecule has 0 aromatic heterocycles. The molecule has 0 aliphatic carbocycles. The Morgan fingerprint density at radius 1 is 1.29 bits per heavy atom. The van der Waals surface area contributed by atoms with Crippen molar-refractivity contribution in [1.82, 2.24) is 0 Å². The van der Waals surface area contributed by atoms with E-state index in [1.807, 2.05) is 0 Å². The molecule has 0 aromatic rings. The van der Waals surface area contributed by atoms with Crippen molar-refractivity contribution in [3.8, 4) is 0 Å². The van der Waals surface area contributed by atoms with E-state index in [0.717, 1.165) is 6.42 Å². The van der Waals surface area contributed by atoms with Crippen molar-refractivity contribution in [2.75, 3.05) is 0 Å². The molecule has 0 amide bonds. The Morgan fingerprint density at radius 2 is 1.86 bits per heavy atom. The van der Waals surface area contributed by atoms with Gasteiger partial charge in [0.2, 0.25) is 0 Å². The van der Waals surface area contributed by atoms with Gasteiger partial charge >= 0.3 is 0 Å². The van der Waals surface area contributed by atoms with Crippen molar-refractivity contribution in [1.29, 1.82) is 0 Å². The number of rotatable bonds is 3. The predicted molar refractivity (Wildman–Crippen MR) is 29.5 cm³/mol. The van der Waals surface area contributed by atoms with Gasteiger partial charge in [-0.1, -0.05) is 39.5 Å². The summed E-state index contributed by atoms with van der Waals surface area (Å²) in [6.07, 6.45) is 5.07. The molecule has 1 radical (unpaired) electrons. The molecular formula is C6H13Zn. The molecule has 0 spiro atoms. The molecular weight excluding hydrogens is 137 g/mol. The van der Waals surface area contributed by atoms with Crippen molar-refractivity contribution in [2.45, 2.75) is 32.6 Å². The summed E-state index contributed by atoms with van der Waals surface area (Å²) in [5.74, 6) is 0. The molecule has 0 unspecified atom stereocenters. The maximum Gasteiger partial charge on any atom is 0 e. The largest absolute Gasteiger partial charge is 0.0654 e. The van der Waals surface area contributed by atoms with Gasteiger partial charge in [-0.25, -0.2) is 0 Å². The quantitative estimate of drug-likeness (QED) is 0.428. The summed E-state index contributed by atoms with van der Waals surface area (Å²) < 4.78 is 0. The van der Waals surface area contributed by atoms with E-state index in [1.54, 1.807) is 0 Å². The van der Waals surface area contributed by atoms with E-state index in [-0.39, 0.29) is 19.5 Å². The SMILES string of the molecule is [CH2]CCCCC.[Zn]. The summed E-state index contributed by atoms with van der Waals surface area (Å²) >= 11 is 0. The Bertz CT molecular complexity index is 16.1. The van der Waals surface area contributed by atoms with E-state index in [2.05, 4.69) is 13.8 Å². The second-order valence-electron chi connectivity index (χ2n) is 1.56. The Morgan fingerprint density at radius 3 is 2.00 bits per heavy atom. The van der Waals surface area contributed by atoms with E-state index in [1.165, 1.54) is 19.3 Å². The molecule has 0 fully saturated rings. The Kier molecular flexibility index (Phi) is 14.8. The molecule has 0 saturated heterocycles. The smallest absolute Gasteiger partial charge is 0 e. The van der Waals surface area contributed by atoms with E-state index in [0.29, 0.717) is 0 Å². The minimum atomic E-state index is 0. The predicted octanol–water partition coefficient (Wildman–Crippen LogP) is 2.40. The Hall–Kier alpha value is 0.623. The molecule has 0 bridgehead atoms. The fourth-order valence-corrected chi connectivity index (χ4v) is 0.427. The van der Waals surface area contributed by atoms with Gasteiger partial charge in [-0.2, -0.15) is 0 Å². The van der Waals surface area contributed by atoms with Crippen molar-refractivity contribution in [2.24, 2.45) is 0 Å². The van der Waals surface area contributed by atoms with Gasteiger partial charge in [-0.05, 0) is 0 Å². The van der Waals surface area contributed by atoms with Crippen molar-refractivity contribution in [3.05, 3.63) is 6.92 Å². The molecule has 7 heavy (non-hydrogen) atoms. The average molecular weight is 151 g/mol. The van der Waals surface area contributed by atoms with E-state index >= 15 is 0 Å². The van der Waals surface area contributed by atoms with Crippen LogP contribution in [0, 0.1) is 6.92 Å². The third kappa shape index (κ3) is 10.8. The topological polar surface area (TPSA) is 0 Å². The fourth-order valence-electron chi connectivity index (χ4n) is 0.427. The van der Waals surface area contributed by atoms with Gasteiger partial charge in [0.25, 0.3) is 0 Å². The maximum absolute atomic E-state index is 3.72. The third-order valence-corrected chi connectivity index (χ3v) is 0.854. The monoisotopic (exact) mass is 149 g/mol. The minimum Gasteiger partial charge on any atom is -0.0654 e. The molecule has 0 N–H and O–H groups in total. The van der Waals surface area contributed by atoms with E-state index in [9.17, 15) is 0 Å². The zero-order valence-corrected chi connectivity index (χ0v) is 8.21. The van der Waals surface area contributed by atoms with Crippen LogP contribution in [-0.2, 0) is 19.5 Å². The van der Waals surface area contributed by atoms with Gasteiger partial charge < -0.3 is 0 Å². The van der Waals surface area contributed by atoms with Crippen LogP contribution in [0.15, 0.2) is 0 Å². The molecule has 0 saturated carbocycles. The van der Waals surface area contributed by atoms with Crippen LogP contribution in [0.2, 0.25) is 0 Å². The zero-order chi connectivity index (χ0) is 4.83. The molecule has 0 nitrogen and oxygen atoms in total. The summed E-state index contributed by atoms with van der Waals surface area (Å²) in [7, 11) is 0. The van der Waals surface area contributed by atoms with Crippen LogP contribution in [0.4, 0.5) is 0 Å². The van der Waals surface area contributed by atoms with Crippen LogP contribution < -0.4 is 0 Å². The van der Waals surface area contributed by atoms with Gasteiger partial charge in [-0.15, -0.1) is 0 Å². The molecule has 0 aliphatic rings. The van der Waals surface area contributed by atoms with E-state index in [4.69, 9.17) is 0 Å². The zero-order valence-electron chi connectivity index (χ0n) is 5.24. The molecule has 0 aromatic carbocycles. The van der Waals surface area contributed by atoms with Gasteiger partial charge in [0, 0.05) is 19.5 Å². The number of hydrogen-bond acceptors (Lipinski definition) is 0. The molecule has 1 heteroatoms. The second kappa shape index (κ2) is 9.80. The first kappa shape index (κ1) is 10.6. The van der Waals surface area contributed by atoms with Crippen LogP contribution in [0.25, 0.3) is 0 Å². The Balaban J connectivity index is 0. The third-order valence-electron chi connectivity index (χ3n) is 0.854. The molecule has 39 valence electrons. The van der Waals surface area contributed by atoms with Crippen LogP contribution >= 0.6 is 0 Å². The maximum atomic E-state index is 3.72. The van der Waals surface area contributed by atoms with Crippen LogP contribution in [0.1, 0.15) is 32.6 Å². The van der Waals surface area contributed by atoms with Crippen LogP contribution in [0.5, 0.6) is 0 Å². The van der Waals surface area contributed by atoms with E-state index < -0.39 is 0 Å². The second-order valence-corrected chi connectivity index (χ2v) is 1.56. The number of hydrogen-bond donors (Lipinski definition) is 0. The first-order chi connectivity index (χ1) is 2.91. The molecule has 0 aliphatic heterocycles. The first-order valence-electron chi connectivity index (χ1n) is 2.71. The van der Waals surface area contributed by atoms with Crippen molar-refractivity contribution < 1.29 is 19.5 Å². The normalized spacial score (nSPS) is 7.71. The summed E-state index contributed by atoms with van der Waals surface area (Å²) in [4.78, 5) is 0. The van der Waals surface area contributed by atoms with Gasteiger partial charge in [0.1, 0.15) is 0 Å². The first-order valence-corrected chi connectivity index (χ1v) is 2.71. The van der Waals surface area contributed by atoms with Crippen molar-refractivity contribution in [3.63, 3.8) is 0 Å². The molecule has 0 atom stereocenters. The summed E-state index contributed by atoms with van der Waals surface area (Å²) in [5.41, 5.74) is 0. The summed E-state index contributed by atoms with van der Waals surface area (Å²) in [6, 6.07) is 0. The van der Waals surface area contributed by atoms with Gasteiger partial charge in [-0.3, -0.25) is 0 Å².